The fourth-order valence-corrected chi connectivity index (χ4v) is 2.66. The molecular formula is C14H22O3. The molecule has 0 spiro atoms. The van der Waals surface area contributed by atoms with Gasteiger partial charge in [0.05, 0.1) is 7.11 Å². The van der Waals surface area contributed by atoms with E-state index in [-0.39, 0.29) is 23.7 Å². The number of Topliss-reactive ketones (excluding diaryl/α,β-unsaturated/α-hetero) is 1. The van der Waals surface area contributed by atoms with Crippen LogP contribution in [0.25, 0.3) is 0 Å². The van der Waals surface area contributed by atoms with E-state index >= 15 is 0 Å². The number of allylic oxidation sites excluding steroid dienone is 2. The van der Waals surface area contributed by atoms with E-state index in [1.807, 2.05) is 0 Å². The van der Waals surface area contributed by atoms with E-state index in [0.717, 1.165) is 12.8 Å². The monoisotopic (exact) mass is 238 g/mol. The normalized spacial score (nSPS) is 26.4. The summed E-state index contributed by atoms with van der Waals surface area (Å²) in [6.45, 7) is 4.13. The number of rotatable bonds is 5. The zero-order chi connectivity index (χ0) is 12.8. The molecule has 0 radical (unpaired) electrons. The molecule has 0 unspecified atom stereocenters. The van der Waals surface area contributed by atoms with E-state index in [9.17, 15) is 9.59 Å². The van der Waals surface area contributed by atoms with Gasteiger partial charge < -0.3 is 4.74 Å². The van der Waals surface area contributed by atoms with Gasteiger partial charge in [-0.2, -0.15) is 0 Å². The van der Waals surface area contributed by atoms with Crippen LogP contribution in [0.15, 0.2) is 12.2 Å². The van der Waals surface area contributed by atoms with Crippen LogP contribution in [0.5, 0.6) is 0 Å². The van der Waals surface area contributed by atoms with Gasteiger partial charge in [0.2, 0.25) is 0 Å². The Bertz CT molecular complexity index is 307. The fraction of sp³-hybridized carbons (Fsp3) is 0.714. The molecule has 0 heterocycles. The number of methoxy groups -OCH3 is 1. The zero-order valence-electron chi connectivity index (χ0n) is 10.9. The number of ketones is 1. The van der Waals surface area contributed by atoms with E-state index < -0.39 is 0 Å². The topological polar surface area (TPSA) is 43.4 Å². The molecule has 3 heteroatoms. The standard InChI is InChI=1S/C14H22O3/c1-4-5-6-10(2)14-11(7-8-12(14)15)9-13(16)17-3/h5-6,10-11,14H,4,7-9H2,1-3H3/b6-5-/t10-,11+,14+/m0/s1. The van der Waals surface area contributed by atoms with Crippen molar-refractivity contribution in [1.82, 2.24) is 0 Å². The third-order valence-electron chi connectivity index (χ3n) is 3.54. The summed E-state index contributed by atoms with van der Waals surface area (Å²) in [4.78, 5) is 23.2. The van der Waals surface area contributed by atoms with Crippen LogP contribution in [0.4, 0.5) is 0 Å². The van der Waals surface area contributed by atoms with E-state index in [0.29, 0.717) is 18.6 Å². The first-order valence-electron chi connectivity index (χ1n) is 6.36. The van der Waals surface area contributed by atoms with Crippen LogP contribution < -0.4 is 0 Å². The molecule has 0 amide bonds. The molecule has 1 rings (SSSR count). The lowest BCUT2D eigenvalue weighted by Gasteiger charge is -2.21. The Morgan fingerprint density at radius 3 is 2.88 bits per heavy atom. The van der Waals surface area contributed by atoms with Gasteiger partial charge in [0.1, 0.15) is 5.78 Å². The van der Waals surface area contributed by atoms with Crippen LogP contribution in [0.3, 0.4) is 0 Å². The summed E-state index contributed by atoms with van der Waals surface area (Å²) >= 11 is 0. The molecule has 3 atom stereocenters. The van der Waals surface area contributed by atoms with Gasteiger partial charge in [-0.15, -0.1) is 0 Å². The number of esters is 1. The zero-order valence-corrected chi connectivity index (χ0v) is 10.9. The van der Waals surface area contributed by atoms with Gasteiger partial charge in [0, 0.05) is 18.8 Å². The minimum atomic E-state index is -0.207. The molecular weight excluding hydrogens is 216 g/mol. The molecule has 1 fully saturated rings. The Balaban J connectivity index is 2.67. The first-order chi connectivity index (χ1) is 8.10. The van der Waals surface area contributed by atoms with Crippen molar-refractivity contribution in [2.75, 3.05) is 7.11 Å². The summed E-state index contributed by atoms with van der Waals surface area (Å²) in [5, 5.41) is 0. The van der Waals surface area contributed by atoms with Gasteiger partial charge in [-0.25, -0.2) is 0 Å². The average Bonchev–Trinajstić information content (AvgIpc) is 2.67. The van der Waals surface area contributed by atoms with Gasteiger partial charge in [-0.3, -0.25) is 9.59 Å². The Morgan fingerprint density at radius 2 is 2.29 bits per heavy atom. The highest BCUT2D eigenvalue weighted by Crippen LogP contribution is 2.37. The first kappa shape index (κ1) is 13.9. The second-order valence-corrected chi connectivity index (χ2v) is 4.77. The molecule has 0 aliphatic heterocycles. The van der Waals surface area contributed by atoms with Crippen LogP contribution in [0, 0.1) is 17.8 Å². The second kappa shape index (κ2) is 6.58. The highest BCUT2D eigenvalue weighted by molar-refractivity contribution is 5.85. The molecule has 0 aromatic rings. The highest BCUT2D eigenvalue weighted by Gasteiger charge is 2.38. The molecule has 3 nitrogen and oxygen atoms in total. The number of hydrogen-bond acceptors (Lipinski definition) is 3. The van der Waals surface area contributed by atoms with Gasteiger partial charge in [0.25, 0.3) is 0 Å². The summed E-state index contributed by atoms with van der Waals surface area (Å²) in [6.07, 6.45) is 6.97. The number of ether oxygens (including phenoxy) is 1. The minimum absolute atomic E-state index is 0.00287. The molecule has 17 heavy (non-hydrogen) atoms. The van der Waals surface area contributed by atoms with Crippen LogP contribution in [-0.2, 0) is 14.3 Å². The highest BCUT2D eigenvalue weighted by atomic mass is 16.5. The van der Waals surface area contributed by atoms with Gasteiger partial charge in [-0.05, 0) is 24.7 Å². The van der Waals surface area contributed by atoms with Crippen molar-refractivity contribution in [3.63, 3.8) is 0 Å². The summed E-state index contributed by atoms with van der Waals surface area (Å²) in [6, 6.07) is 0. The minimum Gasteiger partial charge on any atom is -0.469 e. The predicted molar refractivity (Wildman–Crippen MR) is 66.4 cm³/mol. The van der Waals surface area contributed by atoms with Crippen molar-refractivity contribution in [2.45, 2.75) is 39.5 Å². The lowest BCUT2D eigenvalue weighted by Crippen LogP contribution is -2.24. The summed E-state index contributed by atoms with van der Waals surface area (Å²) in [7, 11) is 1.40. The average molecular weight is 238 g/mol. The van der Waals surface area contributed by atoms with Crippen LogP contribution in [0.2, 0.25) is 0 Å². The van der Waals surface area contributed by atoms with E-state index in [4.69, 9.17) is 0 Å². The van der Waals surface area contributed by atoms with Crippen molar-refractivity contribution in [3.05, 3.63) is 12.2 Å². The van der Waals surface area contributed by atoms with E-state index in [1.165, 1.54) is 7.11 Å². The van der Waals surface area contributed by atoms with Crippen molar-refractivity contribution < 1.29 is 14.3 Å². The first-order valence-corrected chi connectivity index (χ1v) is 6.36. The van der Waals surface area contributed by atoms with E-state index in [1.54, 1.807) is 0 Å². The largest absolute Gasteiger partial charge is 0.469 e. The lowest BCUT2D eigenvalue weighted by molar-refractivity contribution is -0.142. The van der Waals surface area contributed by atoms with Crippen molar-refractivity contribution >= 4 is 11.8 Å². The van der Waals surface area contributed by atoms with Crippen LogP contribution >= 0.6 is 0 Å². The van der Waals surface area contributed by atoms with E-state index in [2.05, 4.69) is 30.7 Å². The van der Waals surface area contributed by atoms with Gasteiger partial charge in [-0.1, -0.05) is 26.0 Å². The molecule has 1 aliphatic rings. The molecule has 1 saturated carbocycles. The maximum absolute atomic E-state index is 11.9. The third kappa shape index (κ3) is 3.69. The maximum Gasteiger partial charge on any atom is 0.305 e. The molecule has 1 aliphatic carbocycles. The molecule has 0 saturated heterocycles. The molecule has 96 valence electrons. The molecule has 0 bridgehead atoms. The van der Waals surface area contributed by atoms with Crippen molar-refractivity contribution in [2.24, 2.45) is 17.8 Å². The Hall–Kier alpha value is -1.12. The van der Waals surface area contributed by atoms with Gasteiger partial charge >= 0.3 is 5.97 Å². The SMILES string of the molecule is CC/C=C\[C@H](C)[C@H]1C(=O)CC[C@@H]1CC(=O)OC. The summed E-state index contributed by atoms with van der Waals surface area (Å²) in [5.41, 5.74) is 0. The Kier molecular flexibility index (Phi) is 5.39. The summed E-state index contributed by atoms with van der Waals surface area (Å²) < 4.78 is 4.69. The second-order valence-electron chi connectivity index (χ2n) is 4.77. The quantitative estimate of drug-likeness (QED) is 0.546. The smallest absolute Gasteiger partial charge is 0.305 e. The Labute approximate surface area is 103 Å². The van der Waals surface area contributed by atoms with Crippen LogP contribution in [0.1, 0.15) is 39.5 Å². The third-order valence-corrected chi connectivity index (χ3v) is 3.54. The predicted octanol–water partition coefficient (Wildman–Crippen LogP) is 2.75. The van der Waals surface area contributed by atoms with Gasteiger partial charge in [0.15, 0.2) is 0 Å². The molecule has 0 N–H and O–H groups in total. The number of hydrogen-bond donors (Lipinski definition) is 0. The number of carbonyl (C=O) groups is 2. The number of carbonyl (C=O) groups excluding carboxylic acids is 2. The van der Waals surface area contributed by atoms with Crippen molar-refractivity contribution in [3.8, 4) is 0 Å². The molecule has 0 aromatic heterocycles. The van der Waals surface area contributed by atoms with Crippen LogP contribution in [-0.4, -0.2) is 18.9 Å². The molecule has 0 aromatic carbocycles. The van der Waals surface area contributed by atoms with Crippen molar-refractivity contribution in [1.29, 1.82) is 0 Å². The Morgan fingerprint density at radius 1 is 1.59 bits per heavy atom. The summed E-state index contributed by atoms with van der Waals surface area (Å²) in [5.74, 6) is 0.469. The lowest BCUT2D eigenvalue weighted by atomic mass is 9.82. The fourth-order valence-electron chi connectivity index (χ4n) is 2.66. The maximum atomic E-state index is 11.9.